The SMILES string of the molecule is C[C@@H](c1ncc(-c2ccc(-c3ncc(-c4cnc([C@@H]5CCCN5C(=O)OC(C)(C)C)[nH]4)cn3)cc2)[nH]1)N(C)C(=O)OCc1ccccc1. The Morgan fingerprint density at radius 1 is 0.896 bits per heavy atom. The summed E-state index contributed by atoms with van der Waals surface area (Å²) in [5.41, 5.74) is 4.58. The van der Waals surface area contributed by atoms with Crippen molar-refractivity contribution in [1.29, 1.82) is 0 Å². The van der Waals surface area contributed by atoms with Crippen molar-refractivity contribution in [2.45, 2.75) is 64.8 Å². The minimum absolute atomic E-state index is 0.163. The number of carbonyl (C=O) groups excluding carboxylic acids is 2. The number of imidazole rings is 2. The third-order valence-electron chi connectivity index (χ3n) is 8.27. The summed E-state index contributed by atoms with van der Waals surface area (Å²) in [7, 11) is 1.70. The molecule has 12 heteroatoms. The first-order valence-corrected chi connectivity index (χ1v) is 16.0. The number of H-pyrrole nitrogens is 2. The normalized spacial score (nSPS) is 15.3. The van der Waals surface area contributed by atoms with Crippen LogP contribution in [0.1, 0.15) is 69.8 Å². The van der Waals surface area contributed by atoms with Gasteiger partial charge in [0.15, 0.2) is 5.82 Å². The van der Waals surface area contributed by atoms with Crippen LogP contribution in [-0.4, -0.2) is 71.1 Å². The molecule has 48 heavy (non-hydrogen) atoms. The highest BCUT2D eigenvalue weighted by Gasteiger charge is 2.35. The van der Waals surface area contributed by atoms with Gasteiger partial charge in [0.2, 0.25) is 0 Å². The maximum Gasteiger partial charge on any atom is 0.410 e. The number of hydrogen-bond acceptors (Lipinski definition) is 8. The van der Waals surface area contributed by atoms with Crippen molar-refractivity contribution in [1.82, 2.24) is 39.7 Å². The Kier molecular flexibility index (Phi) is 9.24. The van der Waals surface area contributed by atoms with E-state index < -0.39 is 11.7 Å². The zero-order chi connectivity index (χ0) is 33.8. The van der Waals surface area contributed by atoms with Crippen molar-refractivity contribution in [3.63, 3.8) is 0 Å². The number of likely N-dealkylation sites (tertiary alicyclic amines) is 1. The first-order chi connectivity index (χ1) is 23.1. The van der Waals surface area contributed by atoms with E-state index in [9.17, 15) is 9.59 Å². The van der Waals surface area contributed by atoms with Gasteiger partial charge >= 0.3 is 12.2 Å². The van der Waals surface area contributed by atoms with Gasteiger partial charge in [-0.1, -0.05) is 54.6 Å². The zero-order valence-corrected chi connectivity index (χ0v) is 27.8. The van der Waals surface area contributed by atoms with Gasteiger partial charge in [-0.2, -0.15) is 0 Å². The highest BCUT2D eigenvalue weighted by molar-refractivity contribution is 5.70. The van der Waals surface area contributed by atoms with E-state index in [2.05, 4.69) is 29.9 Å². The van der Waals surface area contributed by atoms with Crippen molar-refractivity contribution in [2.75, 3.05) is 13.6 Å². The molecule has 1 aliphatic rings. The van der Waals surface area contributed by atoms with E-state index in [0.717, 1.165) is 52.3 Å². The van der Waals surface area contributed by atoms with E-state index in [1.54, 1.807) is 36.7 Å². The highest BCUT2D eigenvalue weighted by Crippen LogP contribution is 2.33. The maximum absolute atomic E-state index is 12.7. The number of hydrogen-bond donors (Lipinski definition) is 2. The van der Waals surface area contributed by atoms with Gasteiger partial charge in [0.25, 0.3) is 0 Å². The van der Waals surface area contributed by atoms with Gasteiger partial charge in [0.05, 0.1) is 35.9 Å². The summed E-state index contributed by atoms with van der Waals surface area (Å²) < 4.78 is 11.1. The molecule has 0 bridgehead atoms. The van der Waals surface area contributed by atoms with Crippen molar-refractivity contribution in [3.05, 3.63) is 96.6 Å². The second kappa shape index (κ2) is 13.7. The van der Waals surface area contributed by atoms with Crippen LogP contribution in [0.2, 0.25) is 0 Å². The largest absolute Gasteiger partial charge is 0.445 e. The molecule has 0 aliphatic carbocycles. The monoisotopic (exact) mass is 648 g/mol. The molecule has 1 saturated heterocycles. The van der Waals surface area contributed by atoms with Crippen LogP contribution >= 0.6 is 0 Å². The Labute approximate surface area is 279 Å². The Hall–Kier alpha value is -5.52. The molecule has 0 radical (unpaired) electrons. The molecule has 2 atom stereocenters. The molecule has 0 spiro atoms. The van der Waals surface area contributed by atoms with Crippen molar-refractivity contribution < 1.29 is 19.1 Å². The number of rotatable bonds is 8. The molecule has 2 amide bonds. The molecule has 4 heterocycles. The quantitative estimate of drug-likeness (QED) is 0.178. The van der Waals surface area contributed by atoms with Crippen LogP contribution < -0.4 is 0 Å². The average molecular weight is 649 g/mol. The molecular weight excluding hydrogens is 608 g/mol. The summed E-state index contributed by atoms with van der Waals surface area (Å²) in [6.45, 7) is 8.34. The van der Waals surface area contributed by atoms with E-state index in [1.165, 1.54) is 4.90 Å². The smallest absolute Gasteiger partial charge is 0.410 e. The second-order valence-electron chi connectivity index (χ2n) is 12.9. The van der Waals surface area contributed by atoms with Crippen LogP contribution in [0.15, 0.2) is 79.4 Å². The van der Waals surface area contributed by atoms with E-state index in [0.29, 0.717) is 18.2 Å². The van der Waals surface area contributed by atoms with Crippen LogP contribution in [0, 0.1) is 0 Å². The van der Waals surface area contributed by atoms with Gasteiger partial charge in [-0.15, -0.1) is 0 Å². The fraction of sp³-hybridized carbons (Fsp3) is 0.333. The maximum atomic E-state index is 12.7. The summed E-state index contributed by atoms with van der Waals surface area (Å²) in [6, 6.07) is 17.0. The van der Waals surface area contributed by atoms with Gasteiger partial charge < -0.3 is 24.3 Å². The Morgan fingerprint density at radius 3 is 2.27 bits per heavy atom. The Balaban J connectivity index is 1.07. The molecule has 0 saturated carbocycles. The Morgan fingerprint density at radius 2 is 1.56 bits per heavy atom. The molecule has 248 valence electrons. The van der Waals surface area contributed by atoms with E-state index >= 15 is 0 Å². The van der Waals surface area contributed by atoms with Gasteiger partial charge in [0.1, 0.15) is 23.9 Å². The van der Waals surface area contributed by atoms with Gasteiger partial charge in [-0.05, 0) is 51.7 Å². The number of nitrogens with zero attached hydrogens (tertiary/aromatic N) is 6. The predicted molar refractivity (Wildman–Crippen MR) is 180 cm³/mol. The number of nitrogens with one attached hydrogen (secondary N) is 2. The number of aromatic nitrogens is 6. The Bertz CT molecular complexity index is 1850. The lowest BCUT2D eigenvalue weighted by atomic mass is 10.1. The summed E-state index contributed by atoms with van der Waals surface area (Å²) >= 11 is 0. The zero-order valence-electron chi connectivity index (χ0n) is 27.8. The average Bonchev–Trinajstić information content (AvgIpc) is 3.88. The summed E-state index contributed by atoms with van der Waals surface area (Å²) in [6.07, 6.45) is 7.98. The van der Waals surface area contributed by atoms with Crippen LogP contribution in [0.5, 0.6) is 0 Å². The number of amides is 2. The summed E-state index contributed by atoms with van der Waals surface area (Å²) in [5.74, 6) is 1.96. The second-order valence-corrected chi connectivity index (χ2v) is 12.9. The highest BCUT2D eigenvalue weighted by atomic mass is 16.6. The van der Waals surface area contributed by atoms with Gasteiger partial charge in [-0.3, -0.25) is 4.90 Å². The van der Waals surface area contributed by atoms with E-state index in [1.807, 2.05) is 82.3 Å². The predicted octanol–water partition coefficient (Wildman–Crippen LogP) is 7.33. The van der Waals surface area contributed by atoms with Crippen LogP contribution in [-0.2, 0) is 16.1 Å². The minimum atomic E-state index is -0.557. The number of carbonyl (C=O) groups is 2. The topological polar surface area (TPSA) is 142 Å². The van der Waals surface area contributed by atoms with Crippen molar-refractivity contribution in [2.24, 2.45) is 0 Å². The van der Waals surface area contributed by atoms with Crippen LogP contribution in [0.3, 0.4) is 0 Å². The molecule has 1 fully saturated rings. The van der Waals surface area contributed by atoms with E-state index in [-0.39, 0.29) is 24.8 Å². The minimum Gasteiger partial charge on any atom is -0.445 e. The third kappa shape index (κ3) is 7.38. The molecule has 1 aliphatic heterocycles. The molecule has 12 nitrogen and oxygen atoms in total. The lowest BCUT2D eigenvalue weighted by molar-refractivity contribution is 0.0218. The molecular formula is C36H40N8O4. The first-order valence-electron chi connectivity index (χ1n) is 16.0. The van der Waals surface area contributed by atoms with Crippen molar-refractivity contribution >= 4 is 12.2 Å². The number of ether oxygens (including phenoxy) is 2. The number of aromatic amines is 2. The molecule has 0 unspecified atom stereocenters. The fourth-order valence-electron chi connectivity index (χ4n) is 5.52. The van der Waals surface area contributed by atoms with E-state index in [4.69, 9.17) is 9.47 Å². The summed E-state index contributed by atoms with van der Waals surface area (Å²) in [5, 5.41) is 0. The van der Waals surface area contributed by atoms with Crippen LogP contribution in [0.4, 0.5) is 9.59 Å². The first kappa shape index (κ1) is 32.4. The molecule has 6 rings (SSSR count). The van der Waals surface area contributed by atoms with Crippen molar-refractivity contribution in [3.8, 4) is 33.9 Å². The van der Waals surface area contributed by atoms with Gasteiger partial charge in [0, 0.05) is 37.1 Å². The standard InChI is InChI=1S/C36H40N8O4/c1-23(43(5)34(45)47-22-24-10-7-6-8-11-24)31-39-20-28(41-31)25-13-15-26(16-14-25)32-37-18-27(19-38-32)29-21-40-33(42-29)30-12-9-17-44(30)35(46)48-36(2,3)4/h6-8,10-11,13-16,18-21,23,30H,9,12,17,22H2,1-5H3,(H,39,41)(H,40,42)/t23-,30-/m0/s1. The number of benzene rings is 2. The lowest BCUT2D eigenvalue weighted by Gasteiger charge is -2.27. The molecule has 5 aromatic rings. The third-order valence-corrected chi connectivity index (χ3v) is 8.27. The molecule has 2 aromatic carbocycles. The summed E-state index contributed by atoms with van der Waals surface area (Å²) in [4.78, 5) is 53.7. The fourth-order valence-corrected chi connectivity index (χ4v) is 5.52. The van der Waals surface area contributed by atoms with Gasteiger partial charge in [-0.25, -0.2) is 29.5 Å². The lowest BCUT2D eigenvalue weighted by Crippen LogP contribution is -2.36. The van der Waals surface area contributed by atoms with Crippen LogP contribution in [0.25, 0.3) is 33.9 Å². The molecule has 3 aromatic heterocycles. The molecule has 2 N–H and O–H groups in total.